The van der Waals surface area contributed by atoms with Crippen LogP contribution in [0.25, 0.3) is 11.1 Å². The topological polar surface area (TPSA) is 18.5 Å². The van der Waals surface area contributed by atoms with Gasteiger partial charge in [-0.15, -0.1) is 0 Å². The minimum absolute atomic E-state index is 0.968. The average Bonchev–Trinajstić information content (AvgIpc) is 2.87. The predicted molar refractivity (Wildman–Crippen MR) is 133 cm³/mol. The Bertz CT molecular complexity index is 1040. The molecule has 0 radical (unpaired) electrons. The summed E-state index contributed by atoms with van der Waals surface area (Å²) in [5.74, 6) is 1.94. The van der Waals surface area contributed by atoms with Gasteiger partial charge >= 0.3 is 0 Å². The second-order valence-electron chi connectivity index (χ2n) is 8.02. The summed E-state index contributed by atoms with van der Waals surface area (Å²) in [6.45, 7) is 0. The van der Waals surface area contributed by atoms with Crippen molar-refractivity contribution in [1.82, 2.24) is 0 Å². The number of hydrogen-bond donors (Lipinski definition) is 0. The molecule has 2 nitrogen and oxygen atoms in total. The van der Waals surface area contributed by atoms with E-state index in [0.717, 1.165) is 37.2 Å². The summed E-state index contributed by atoms with van der Waals surface area (Å²) < 4.78 is 10.9. The van der Waals surface area contributed by atoms with Crippen LogP contribution >= 0.6 is 0 Å². The molecule has 4 aromatic carbocycles. The van der Waals surface area contributed by atoms with Crippen LogP contribution < -0.4 is 9.47 Å². The van der Waals surface area contributed by atoms with Crippen LogP contribution in [0.3, 0.4) is 0 Å². The zero-order valence-corrected chi connectivity index (χ0v) is 18.9. The van der Waals surface area contributed by atoms with Crippen LogP contribution in [-0.2, 0) is 25.7 Å². The molecule has 0 bridgehead atoms. The minimum atomic E-state index is 0.968. The third-order valence-corrected chi connectivity index (χ3v) is 5.99. The lowest BCUT2D eigenvalue weighted by atomic mass is 9.98. The highest BCUT2D eigenvalue weighted by Crippen LogP contribution is 2.24. The maximum Gasteiger partial charge on any atom is 0.122 e. The molecule has 162 valence electrons. The maximum atomic E-state index is 5.47. The zero-order valence-electron chi connectivity index (χ0n) is 18.9. The molecule has 2 heteroatoms. The van der Waals surface area contributed by atoms with E-state index in [1.807, 2.05) is 24.3 Å². The SMILES string of the molecule is COc1ccccc1CCc1ccc(-c2ccc(CCc3ccccc3OC)cc2)cc1. The molecule has 0 heterocycles. The monoisotopic (exact) mass is 422 g/mol. The molecule has 0 aliphatic rings. The quantitative estimate of drug-likeness (QED) is 0.291. The lowest BCUT2D eigenvalue weighted by molar-refractivity contribution is 0.409. The average molecular weight is 423 g/mol. The maximum absolute atomic E-state index is 5.47. The number of rotatable bonds is 9. The Labute approximate surface area is 191 Å². The molecule has 0 aromatic heterocycles. The van der Waals surface area contributed by atoms with Gasteiger partial charge in [-0.3, -0.25) is 0 Å². The molecule has 0 amide bonds. The molecule has 4 aromatic rings. The Hall–Kier alpha value is -3.52. The van der Waals surface area contributed by atoms with Gasteiger partial charge in [-0.1, -0.05) is 84.9 Å². The fraction of sp³-hybridized carbons (Fsp3) is 0.200. The van der Waals surface area contributed by atoms with Gasteiger partial charge in [0.05, 0.1) is 14.2 Å². The molecule has 32 heavy (non-hydrogen) atoms. The number of aryl methyl sites for hydroxylation is 4. The molecule has 0 aliphatic carbocycles. The number of methoxy groups -OCH3 is 2. The fourth-order valence-electron chi connectivity index (χ4n) is 4.10. The van der Waals surface area contributed by atoms with Crippen molar-refractivity contribution in [2.24, 2.45) is 0 Å². The standard InChI is InChI=1S/C30H30O2/c1-31-29-9-5-3-7-27(29)21-15-23-11-17-25(18-12-23)26-19-13-24(14-20-26)16-22-28-8-4-6-10-30(28)32-2/h3-14,17-20H,15-16,21-22H2,1-2H3. The normalized spacial score (nSPS) is 10.7. The van der Waals surface area contributed by atoms with E-state index in [9.17, 15) is 0 Å². The number of benzene rings is 4. The first-order valence-corrected chi connectivity index (χ1v) is 11.2. The van der Waals surface area contributed by atoms with Crippen molar-refractivity contribution in [2.45, 2.75) is 25.7 Å². The summed E-state index contributed by atoms with van der Waals surface area (Å²) in [5, 5.41) is 0. The van der Waals surface area contributed by atoms with E-state index in [2.05, 4.69) is 72.8 Å². The molecule has 0 unspecified atom stereocenters. The van der Waals surface area contributed by atoms with Gasteiger partial charge in [0, 0.05) is 0 Å². The van der Waals surface area contributed by atoms with Crippen LogP contribution in [0.15, 0.2) is 97.1 Å². The lowest BCUT2D eigenvalue weighted by Crippen LogP contribution is -1.96. The molecule has 0 saturated carbocycles. The predicted octanol–water partition coefficient (Wildman–Crippen LogP) is 6.94. The van der Waals surface area contributed by atoms with Gasteiger partial charge in [-0.05, 0) is 71.2 Å². The molecular formula is C30H30O2. The van der Waals surface area contributed by atoms with E-state index in [-0.39, 0.29) is 0 Å². The van der Waals surface area contributed by atoms with Crippen molar-refractivity contribution in [2.75, 3.05) is 14.2 Å². The highest BCUT2D eigenvalue weighted by Gasteiger charge is 2.05. The van der Waals surface area contributed by atoms with Crippen molar-refractivity contribution < 1.29 is 9.47 Å². The first-order valence-electron chi connectivity index (χ1n) is 11.2. The Balaban J connectivity index is 1.36. The molecule has 0 fully saturated rings. The number of hydrogen-bond acceptors (Lipinski definition) is 2. The summed E-state index contributed by atoms with van der Waals surface area (Å²) in [5.41, 5.74) is 7.69. The highest BCUT2D eigenvalue weighted by atomic mass is 16.5. The molecule has 0 N–H and O–H groups in total. The second kappa shape index (κ2) is 10.7. The minimum Gasteiger partial charge on any atom is -0.496 e. The van der Waals surface area contributed by atoms with Gasteiger partial charge in [0.15, 0.2) is 0 Å². The van der Waals surface area contributed by atoms with Crippen LogP contribution in [0.2, 0.25) is 0 Å². The Morgan fingerprint density at radius 2 is 0.812 bits per heavy atom. The van der Waals surface area contributed by atoms with Crippen molar-refractivity contribution >= 4 is 0 Å². The molecule has 0 aliphatic heterocycles. The van der Waals surface area contributed by atoms with Gasteiger partial charge in [0.25, 0.3) is 0 Å². The Morgan fingerprint density at radius 3 is 1.19 bits per heavy atom. The lowest BCUT2D eigenvalue weighted by Gasteiger charge is -2.10. The molecule has 4 rings (SSSR count). The summed E-state index contributed by atoms with van der Waals surface area (Å²) in [6.07, 6.45) is 3.96. The van der Waals surface area contributed by atoms with Gasteiger partial charge in [0.2, 0.25) is 0 Å². The van der Waals surface area contributed by atoms with Gasteiger partial charge in [0.1, 0.15) is 11.5 Å². The molecule has 0 saturated heterocycles. The van der Waals surface area contributed by atoms with Gasteiger partial charge in [-0.25, -0.2) is 0 Å². The van der Waals surface area contributed by atoms with Crippen molar-refractivity contribution in [3.05, 3.63) is 119 Å². The van der Waals surface area contributed by atoms with E-state index in [0.29, 0.717) is 0 Å². The Morgan fingerprint density at radius 1 is 0.438 bits per heavy atom. The van der Waals surface area contributed by atoms with Crippen LogP contribution in [0, 0.1) is 0 Å². The summed E-state index contributed by atoms with van der Waals surface area (Å²) >= 11 is 0. The van der Waals surface area contributed by atoms with Gasteiger partial charge in [-0.2, -0.15) is 0 Å². The summed E-state index contributed by atoms with van der Waals surface area (Å²) in [6, 6.07) is 34.3. The smallest absolute Gasteiger partial charge is 0.122 e. The zero-order chi connectivity index (χ0) is 22.2. The largest absolute Gasteiger partial charge is 0.496 e. The number of ether oxygens (including phenoxy) is 2. The fourth-order valence-corrected chi connectivity index (χ4v) is 4.10. The van der Waals surface area contributed by atoms with Crippen molar-refractivity contribution in [3.8, 4) is 22.6 Å². The first kappa shape index (κ1) is 21.7. The van der Waals surface area contributed by atoms with E-state index >= 15 is 0 Å². The van der Waals surface area contributed by atoms with Crippen molar-refractivity contribution in [1.29, 1.82) is 0 Å². The van der Waals surface area contributed by atoms with Crippen LogP contribution in [0.4, 0.5) is 0 Å². The third kappa shape index (κ3) is 5.39. The Kier molecular flexibility index (Phi) is 7.24. The summed E-state index contributed by atoms with van der Waals surface area (Å²) in [7, 11) is 3.47. The number of para-hydroxylation sites is 2. The van der Waals surface area contributed by atoms with Gasteiger partial charge < -0.3 is 9.47 Å². The second-order valence-corrected chi connectivity index (χ2v) is 8.02. The van der Waals surface area contributed by atoms with Crippen molar-refractivity contribution in [3.63, 3.8) is 0 Å². The van der Waals surface area contributed by atoms with E-state index in [4.69, 9.17) is 9.47 Å². The van der Waals surface area contributed by atoms with E-state index in [1.165, 1.54) is 33.4 Å². The van der Waals surface area contributed by atoms with E-state index < -0.39 is 0 Å². The van der Waals surface area contributed by atoms with E-state index in [1.54, 1.807) is 14.2 Å². The van der Waals surface area contributed by atoms with Crippen LogP contribution in [0.1, 0.15) is 22.3 Å². The first-order chi connectivity index (χ1) is 15.8. The highest BCUT2D eigenvalue weighted by molar-refractivity contribution is 5.64. The van der Waals surface area contributed by atoms with Crippen LogP contribution in [0.5, 0.6) is 11.5 Å². The van der Waals surface area contributed by atoms with Crippen LogP contribution in [-0.4, -0.2) is 14.2 Å². The molecule has 0 spiro atoms. The molecule has 0 atom stereocenters. The summed E-state index contributed by atoms with van der Waals surface area (Å²) in [4.78, 5) is 0. The third-order valence-electron chi connectivity index (χ3n) is 5.99. The molecular weight excluding hydrogens is 392 g/mol.